The van der Waals surface area contributed by atoms with E-state index in [1.165, 1.54) is 0 Å². The van der Waals surface area contributed by atoms with E-state index in [9.17, 15) is 9.59 Å². The molecule has 0 radical (unpaired) electrons. The molecule has 0 saturated carbocycles. The van der Waals surface area contributed by atoms with Crippen molar-refractivity contribution in [3.8, 4) is 0 Å². The Morgan fingerprint density at radius 3 is 2.48 bits per heavy atom. The third-order valence-electron chi connectivity index (χ3n) is 3.87. The van der Waals surface area contributed by atoms with Gasteiger partial charge in [0.15, 0.2) is 0 Å². The lowest BCUT2D eigenvalue weighted by Crippen LogP contribution is -2.20. The molecule has 0 aliphatic carbocycles. The highest BCUT2D eigenvalue weighted by molar-refractivity contribution is 9.10. The van der Waals surface area contributed by atoms with Crippen molar-refractivity contribution in [1.82, 2.24) is 4.57 Å². The van der Waals surface area contributed by atoms with Crippen molar-refractivity contribution in [3.63, 3.8) is 0 Å². The Kier molecular flexibility index (Phi) is 4.76. The Morgan fingerprint density at radius 2 is 1.76 bits per heavy atom. The van der Waals surface area contributed by atoms with E-state index >= 15 is 0 Å². The molecule has 0 unspecified atom stereocenters. The standard InChI is InChI=1S/C18H17BrN4O2/c1-11-17(19)14-7-2-3-8-15(14)23(11)10-16(24)21-12-5-4-6-13(9-12)22-18(20)25/h2-9H,10H2,1H3,(H,21,24)(H3,20,22,25). The predicted molar refractivity (Wildman–Crippen MR) is 103 cm³/mol. The number of fused-ring (bicyclic) bond motifs is 1. The van der Waals surface area contributed by atoms with Crippen molar-refractivity contribution in [2.75, 3.05) is 10.6 Å². The normalized spacial score (nSPS) is 10.6. The molecule has 6 nitrogen and oxygen atoms in total. The fourth-order valence-corrected chi connectivity index (χ4v) is 3.30. The van der Waals surface area contributed by atoms with Crippen LogP contribution < -0.4 is 16.4 Å². The number of carbonyl (C=O) groups excluding carboxylic acids is 2. The first-order chi connectivity index (χ1) is 12.0. The Hall–Kier alpha value is -2.80. The van der Waals surface area contributed by atoms with E-state index in [0.29, 0.717) is 11.4 Å². The SMILES string of the molecule is Cc1c(Br)c2ccccc2n1CC(=O)Nc1cccc(NC(N)=O)c1. The van der Waals surface area contributed by atoms with Crippen LogP contribution in [0, 0.1) is 6.92 Å². The topological polar surface area (TPSA) is 89.2 Å². The number of halogens is 1. The van der Waals surface area contributed by atoms with Crippen molar-refractivity contribution in [3.05, 3.63) is 58.7 Å². The third kappa shape index (κ3) is 3.66. The lowest BCUT2D eigenvalue weighted by atomic mass is 10.2. The first-order valence-corrected chi connectivity index (χ1v) is 8.44. The molecule has 3 amide bonds. The first-order valence-electron chi connectivity index (χ1n) is 7.65. The summed E-state index contributed by atoms with van der Waals surface area (Å²) in [5, 5.41) is 6.39. The minimum Gasteiger partial charge on any atom is -0.351 e. The average molecular weight is 401 g/mol. The molecule has 1 heterocycles. The largest absolute Gasteiger partial charge is 0.351 e. The number of hydrogen-bond acceptors (Lipinski definition) is 2. The Labute approximate surface area is 153 Å². The smallest absolute Gasteiger partial charge is 0.316 e. The molecule has 25 heavy (non-hydrogen) atoms. The van der Waals surface area contributed by atoms with Crippen LogP contribution in [0.5, 0.6) is 0 Å². The van der Waals surface area contributed by atoms with Crippen LogP contribution >= 0.6 is 15.9 Å². The fourth-order valence-electron chi connectivity index (χ4n) is 2.75. The van der Waals surface area contributed by atoms with Gasteiger partial charge in [-0.3, -0.25) is 4.79 Å². The number of urea groups is 1. The molecule has 3 aromatic rings. The van der Waals surface area contributed by atoms with Crippen LogP contribution in [0.2, 0.25) is 0 Å². The van der Waals surface area contributed by atoms with E-state index in [1.807, 2.05) is 35.8 Å². The summed E-state index contributed by atoms with van der Waals surface area (Å²) in [6.45, 7) is 2.15. The summed E-state index contributed by atoms with van der Waals surface area (Å²) in [5.41, 5.74) is 8.19. The lowest BCUT2D eigenvalue weighted by Gasteiger charge is -2.10. The van der Waals surface area contributed by atoms with Crippen LogP contribution in [0.4, 0.5) is 16.2 Å². The van der Waals surface area contributed by atoms with Crippen LogP contribution in [0.3, 0.4) is 0 Å². The highest BCUT2D eigenvalue weighted by Crippen LogP contribution is 2.30. The number of para-hydroxylation sites is 1. The van der Waals surface area contributed by atoms with Crippen LogP contribution in [0.15, 0.2) is 53.0 Å². The number of nitrogens with zero attached hydrogens (tertiary/aromatic N) is 1. The van der Waals surface area contributed by atoms with E-state index in [1.54, 1.807) is 24.3 Å². The van der Waals surface area contributed by atoms with Crippen LogP contribution in [-0.4, -0.2) is 16.5 Å². The van der Waals surface area contributed by atoms with Gasteiger partial charge in [-0.2, -0.15) is 0 Å². The monoisotopic (exact) mass is 400 g/mol. The second-order valence-corrected chi connectivity index (χ2v) is 6.41. The van der Waals surface area contributed by atoms with Gasteiger partial charge < -0.3 is 20.9 Å². The molecule has 4 N–H and O–H groups in total. The van der Waals surface area contributed by atoms with E-state index in [-0.39, 0.29) is 12.5 Å². The molecule has 3 rings (SSSR count). The number of benzene rings is 2. The van der Waals surface area contributed by atoms with E-state index in [0.717, 1.165) is 21.1 Å². The van der Waals surface area contributed by atoms with E-state index < -0.39 is 6.03 Å². The number of aromatic nitrogens is 1. The molecule has 7 heteroatoms. The molecule has 0 saturated heterocycles. The minimum absolute atomic E-state index is 0.160. The third-order valence-corrected chi connectivity index (χ3v) is 4.87. The van der Waals surface area contributed by atoms with E-state index in [4.69, 9.17) is 5.73 Å². The molecule has 0 bridgehead atoms. The van der Waals surface area contributed by atoms with Gasteiger partial charge in [-0.05, 0) is 47.1 Å². The molecule has 0 atom stereocenters. The Morgan fingerprint density at radius 1 is 1.08 bits per heavy atom. The zero-order valence-electron chi connectivity index (χ0n) is 13.5. The molecule has 128 valence electrons. The van der Waals surface area contributed by atoms with Crippen LogP contribution in [0.25, 0.3) is 10.9 Å². The minimum atomic E-state index is -0.650. The van der Waals surface area contributed by atoms with Crippen LogP contribution in [-0.2, 0) is 11.3 Å². The predicted octanol–water partition coefficient (Wildman–Crippen LogP) is 3.84. The summed E-state index contributed by atoms with van der Waals surface area (Å²) >= 11 is 3.59. The highest BCUT2D eigenvalue weighted by atomic mass is 79.9. The number of nitrogens with two attached hydrogens (primary N) is 1. The Bertz CT molecular complexity index is 965. The van der Waals surface area contributed by atoms with E-state index in [2.05, 4.69) is 26.6 Å². The molecule has 0 aliphatic heterocycles. The summed E-state index contributed by atoms with van der Waals surface area (Å²) in [4.78, 5) is 23.4. The molecule has 1 aromatic heterocycles. The summed E-state index contributed by atoms with van der Waals surface area (Å²) in [6, 6.07) is 14.1. The number of carbonyl (C=O) groups is 2. The second kappa shape index (κ2) is 6.98. The fraction of sp³-hybridized carbons (Fsp3) is 0.111. The van der Waals surface area contributed by atoms with Gasteiger partial charge in [0, 0.05) is 32.4 Å². The maximum atomic E-state index is 12.5. The first kappa shape index (κ1) is 17.0. The van der Waals surface area contributed by atoms with Crippen LogP contribution in [0.1, 0.15) is 5.69 Å². The van der Waals surface area contributed by atoms with Gasteiger partial charge in [0.2, 0.25) is 5.91 Å². The molecule has 2 aromatic carbocycles. The average Bonchev–Trinajstić information content (AvgIpc) is 2.80. The lowest BCUT2D eigenvalue weighted by molar-refractivity contribution is -0.116. The quantitative estimate of drug-likeness (QED) is 0.620. The van der Waals surface area contributed by atoms with Crippen molar-refractivity contribution < 1.29 is 9.59 Å². The number of rotatable bonds is 4. The second-order valence-electron chi connectivity index (χ2n) is 5.62. The number of anilines is 2. The molecule has 0 aliphatic rings. The highest BCUT2D eigenvalue weighted by Gasteiger charge is 2.14. The number of primary amides is 1. The molecular weight excluding hydrogens is 384 g/mol. The summed E-state index contributed by atoms with van der Waals surface area (Å²) in [5.74, 6) is -0.160. The maximum absolute atomic E-state index is 12.5. The zero-order valence-corrected chi connectivity index (χ0v) is 15.1. The number of amides is 3. The van der Waals surface area contributed by atoms with Gasteiger partial charge in [-0.1, -0.05) is 24.3 Å². The summed E-state index contributed by atoms with van der Waals surface area (Å²) in [7, 11) is 0. The van der Waals surface area contributed by atoms with Crippen molar-refractivity contribution in [1.29, 1.82) is 0 Å². The molecule has 0 spiro atoms. The van der Waals surface area contributed by atoms with Crippen molar-refractivity contribution in [2.45, 2.75) is 13.5 Å². The van der Waals surface area contributed by atoms with Gasteiger partial charge >= 0.3 is 6.03 Å². The zero-order chi connectivity index (χ0) is 18.0. The molecular formula is C18H17BrN4O2. The van der Waals surface area contributed by atoms with Gasteiger partial charge in [0.05, 0.1) is 0 Å². The number of hydrogen-bond donors (Lipinski definition) is 3. The van der Waals surface area contributed by atoms with Gasteiger partial charge in [0.25, 0.3) is 0 Å². The van der Waals surface area contributed by atoms with Crippen molar-refractivity contribution >= 4 is 50.1 Å². The van der Waals surface area contributed by atoms with Crippen molar-refractivity contribution in [2.24, 2.45) is 5.73 Å². The van der Waals surface area contributed by atoms with Gasteiger partial charge in [-0.25, -0.2) is 4.79 Å². The van der Waals surface area contributed by atoms with Gasteiger partial charge in [-0.15, -0.1) is 0 Å². The number of nitrogens with one attached hydrogen (secondary N) is 2. The van der Waals surface area contributed by atoms with Gasteiger partial charge in [0.1, 0.15) is 6.54 Å². The Balaban J connectivity index is 1.80. The summed E-state index contributed by atoms with van der Waals surface area (Å²) < 4.78 is 2.95. The molecule has 0 fully saturated rings. The maximum Gasteiger partial charge on any atom is 0.316 e. The summed E-state index contributed by atoms with van der Waals surface area (Å²) in [6.07, 6.45) is 0.